The van der Waals surface area contributed by atoms with Gasteiger partial charge in [-0.05, 0) is 45.6 Å². The van der Waals surface area contributed by atoms with Gasteiger partial charge >= 0.3 is 0 Å². The van der Waals surface area contributed by atoms with Crippen LogP contribution < -0.4 is 0 Å². The molecular formula is C17H31N3O. The molecule has 3 rings (SSSR count). The Bertz CT molecular complexity index is 361. The van der Waals surface area contributed by atoms with Crippen molar-refractivity contribution in [3.05, 3.63) is 0 Å². The smallest absolute Gasteiger partial charge is 0.225 e. The summed E-state index contributed by atoms with van der Waals surface area (Å²) in [5, 5.41) is 0. The molecule has 0 spiro atoms. The molecule has 2 saturated heterocycles. The standard InChI is InChI=1S/C17H31N3O/c1-14-12-18(2)10-11-20(14)13-15-6-8-19(9-7-15)17(21)16-4-3-5-16/h14-16H,3-13H2,1-2H3/t14-/m0/s1. The predicted octanol–water partition coefficient (Wildman–Crippen LogP) is 1.66. The minimum absolute atomic E-state index is 0.374. The molecule has 1 atom stereocenters. The molecular weight excluding hydrogens is 262 g/mol. The Hall–Kier alpha value is -0.610. The van der Waals surface area contributed by atoms with Crippen molar-refractivity contribution in [1.29, 1.82) is 0 Å². The highest BCUT2D eigenvalue weighted by Crippen LogP contribution is 2.30. The van der Waals surface area contributed by atoms with Crippen LogP contribution in [-0.2, 0) is 4.79 Å². The second-order valence-electron chi connectivity index (χ2n) is 7.50. The van der Waals surface area contributed by atoms with E-state index in [0.29, 0.717) is 17.9 Å². The molecule has 1 amide bonds. The lowest BCUT2D eigenvalue weighted by Crippen LogP contribution is -2.52. The van der Waals surface area contributed by atoms with Crippen molar-refractivity contribution >= 4 is 5.91 Å². The maximum absolute atomic E-state index is 12.3. The van der Waals surface area contributed by atoms with Crippen molar-refractivity contribution in [2.24, 2.45) is 11.8 Å². The van der Waals surface area contributed by atoms with E-state index in [1.165, 1.54) is 45.4 Å². The molecule has 0 N–H and O–H groups in total. The van der Waals surface area contributed by atoms with Crippen LogP contribution in [0.25, 0.3) is 0 Å². The van der Waals surface area contributed by atoms with Crippen molar-refractivity contribution < 1.29 is 4.79 Å². The number of nitrogens with zero attached hydrogens (tertiary/aromatic N) is 3. The highest BCUT2D eigenvalue weighted by Gasteiger charge is 2.32. The van der Waals surface area contributed by atoms with Crippen LogP contribution in [0.2, 0.25) is 0 Å². The van der Waals surface area contributed by atoms with E-state index in [1.54, 1.807) is 0 Å². The minimum atomic E-state index is 0.374. The van der Waals surface area contributed by atoms with Crippen LogP contribution in [-0.4, -0.2) is 73.0 Å². The van der Waals surface area contributed by atoms with Gasteiger partial charge in [0.15, 0.2) is 0 Å². The first kappa shape index (κ1) is 15.3. The lowest BCUT2D eigenvalue weighted by atomic mass is 9.83. The summed E-state index contributed by atoms with van der Waals surface area (Å²) in [6.45, 7) is 9.19. The van der Waals surface area contributed by atoms with Gasteiger partial charge in [-0.25, -0.2) is 0 Å². The molecule has 2 heterocycles. The SMILES string of the molecule is C[C@H]1CN(C)CCN1CC1CCN(C(=O)C2CCC2)CC1. The van der Waals surface area contributed by atoms with E-state index >= 15 is 0 Å². The number of carbonyl (C=O) groups is 1. The summed E-state index contributed by atoms with van der Waals surface area (Å²) in [5.74, 6) is 1.62. The van der Waals surface area contributed by atoms with Gasteiger partial charge in [0.05, 0.1) is 0 Å². The number of rotatable bonds is 3. The molecule has 4 heteroatoms. The normalized spacial score (nSPS) is 30.4. The average Bonchev–Trinajstić information content (AvgIpc) is 2.41. The van der Waals surface area contributed by atoms with Gasteiger partial charge in [0.1, 0.15) is 0 Å². The van der Waals surface area contributed by atoms with E-state index in [2.05, 4.69) is 28.7 Å². The number of likely N-dealkylation sites (N-methyl/N-ethyl adjacent to an activating group) is 1. The van der Waals surface area contributed by atoms with Gasteiger partial charge < -0.3 is 9.80 Å². The van der Waals surface area contributed by atoms with E-state index in [9.17, 15) is 4.79 Å². The lowest BCUT2D eigenvalue weighted by Gasteiger charge is -2.42. The van der Waals surface area contributed by atoms with E-state index in [4.69, 9.17) is 0 Å². The quantitative estimate of drug-likeness (QED) is 0.792. The van der Waals surface area contributed by atoms with Crippen LogP contribution in [0.1, 0.15) is 39.0 Å². The fourth-order valence-corrected chi connectivity index (χ4v) is 4.03. The van der Waals surface area contributed by atoms with Crippen molar-refractivity contribution in [3.63, 3.8) is 0 Å². The maximum atomic E-state index is 12.3. The first-order valence-electron chi connectivity index (χ1n) is 8.85. The fourth-order valence-electron chi connectivity index (χ4n) is 4.03. The molecule has 4 nitrogen and oxygen atoms in total. The molecule has 0 radical (unpaired) electrons. The topological polar surface area (TPSA) is 26.8 Å². The van der Waals surface area contributed by atoms with Crippen LogP contribution in [0.4, 0.5) is 0 Å². The average molecular weight is 293 g/mol. The molecule has 3 fully saturated rings. The van der Waals surface area contributed by atoms with Crippen LogP contribution in [0.3, 0.4) is 0 Å². The zero-order valence-corrected chi connectivity index (χ0v) is 13.8. The second kappa shape index (κ2) is 6.66. The van der Waals surface area contributed by atoms with Gasteiger partial charge in [0, 0.05) is 51.2 Å². The Morgan fingerprint density at radius 3 is 2.33 bits per heavy atom. The summed E-state index contributed by atoms with van der Waals surface area (Å²) < 4.78 is 0. The first-order chi connectivity index (χ1) is 10.1. The number of hydrogen-bond donors (Lipinski definition) is 0. The number of amides is 1. The molecule has 2 aliphatic heterocycles. The van der Waals surface area contributed by atoms with Gasteiger partial charge in [-0.15, -0.1) is 0 Å². The zero-order chi connectivity index (χ0) is 14.8. The number of piperazine rings is 1. The van der Waals surface area contributed by atoms with Gasteiger partial charge in [-0.3, -0.25) is 9.69 Å². The summed E-state index contributed by atoms with van der Waals surface area (Å²) in [6.07, 6.45) is 5.94. The molecule has 21 heavy (non-hydrogen) atoms. The molecule has 0 bridgehead atoms. The lowest BCUT2D eigenvalue weighted by molar-refractivity contribution is -0.139. The summed E-state index contributed by atoms with van der Waals surface area (Å²) in [4.78, 5) is 19.5. The first-order valence-corrected chi connectivity index (χ1v) is 8.85. The maximum Gasteiger partial charge on any atom is 0.225 e. The monoisotopic (exact) mass is 293 g/mol. The third-order valence-corrected chi connectivity index (χ3v) is 5.84. The van der Waals surface area contributed by atoms with Crippen molar-refractivity contribution in [3.8, 4) is 0 Å². The van der Waals surface area contributed by atoms with Gasteiger partial charge in [0.25, 0.3) is 0 Å². The minimum Gasteiger partial charge on any atom is -0.342 e. The van der Waals surface area contributed by atoms with Crippen molar-refractivity contribution in [1.82, 2.24) is 14.7 Å². The van der Waals surface area contributed by atoms with Crippen LogP contribution in [0.5, 0.6) is 0 Å². The fraction of sp³-hybridized carbons (Fsp3) is 0.941. The summed E-state index contributed by atoms with van der Waals surface area (Å²) in [5.41, 5.74) is 0. The molecule has 1 saturated carbocycles. The number of likely N-dealkylation sites (tertiary alicyclic amines) is 1. The highest BCUT2D eigenvalue weighted by molar-refractivity contribution is 5.79. The third kappa shape index (κ3) is 3.59. The Morgan fingerprint density at radius 2 is 1.76 bits per heavy atom. The molecule has 0 aromatic carbocycles. The Labute approximate surface area is 129 Å². The van der Waals surface area contributed by atoms with E-state index in [1.807, 2.05) is 0 Å². The van der Waals surface area contributed by atoms with Crippen LogP contribution in [0.15, 0.2) is 0 Å². The van der Waals surface area contributed by atoms with Gasteiger partial charge in [-0.1, -0.05) is 6.42 Å². The highest BCUT2D eigenvalue weighted by atomic mass is 16.2. The summed E-state index contributed by atoms with van der Waals surface area (Å²) in [6, 6.07) is 0.679. The number of hydrogen-bond acceptors (Lipinski definition) is 3. The molecule has 0 unspecified atom stereocenters. The Morgan fingerprint density at radius 1 is 1.05 bits per heavy atom. The van der Waals surface area contributed by atoms with Crippen molar-refractivity contribution in [2.45, 2.75) is 45.1 Å². The third-order valence-electron chi connectivity index (χ3n) is 5.84. The van der Waals surface area contributed by atoms with Gasteiger partial charge in [-0.2, -0.15) is 0 Å². The number of piperidine rings is 1. The van der Waals surface area contributed by atoms with Gasteiger partial charge in [0.2, 0.25) is 5.91 Å². The molecule has 3 aliphatic rings. The zero-order valence-electron chi connectivity index (χ0n) is 13.8. The van der Waals surface area contributed by atoms with Crippen LogP contribution in [0, 0.1) is 11.8 Å². The Balaban J connectivity index is 1.42. The summed E-state index contributed by atoms with van der Waals surface area (Å²) in [7, 11) is 2.22. The molecule has 0 aromatic heterocycles. The predicted molar refractivity (Wildman–Crippen MR) is 85.2 cm³/mol. The van der Waals surface area contributed by atoms with Crippen molar-refractivity contribution in [2.75, 3.05) is 46.3 Å². The largest absolute Gasteiger partial charge is 0.342 e. The Kier molecular flexibility index (Phi) is 4.85. The second-order valence-corrected chi connectivity index (χ2v) is 7.50. The van der Waals surface area contributed by atoms with E-state index in [-0.39, 0.29) is 0 Å². The molecule has 0 aromatic rings. The molecule has 120 valence electrons. The molecule has 1 aliphatic carbocycles. The summed E-state index contributed by atoms with van der Waals surface area (Å²) >= 11 is 0. The van der Waals surface area contributed by atoms with E-state index in [0.717, 1.165) is 31.8 Å². The van der Waals surface area contributed by atoms with E-state index < -0.39 is 0 Å². The van der Waals surface area contributed by atoms with Crippen LogP contribution >= 0.6 is 0 Å². The number of carbonyl (C=O) groups excluding carboxylic acids is 1.